The molecule has 1 aromatic rings. The molecule has 1 N–H and O–H groups in total. The van der Waals surface area contributed by atoms with Gasteiger partial charge in [-0.2, -0.15) is 0 Å². The van der Waals surface area contributed by atoms with Gasteiger partial charge in [-0.15, -0.1) is 11.8 Å². The quantitative estimate of drug-likeness (QED) is 0.861. The van der Waals surface area contributed by atoms with Crippen LogP contribution in [0.25, 0.3) is 0 Å². The van der Waals surface area contributed by atoms with Gasteiger partial charge in [-0.3, -0.25) is 4.79 Å². The number of carbonyl (C=O) groups excluding carboxylic acids is 1. The molecule has 1 aliphatic rings. The van der Waals surface area contributed by atoms with E-state index >= 15 is 0 Å². The van der Waals surface area contributed by atoms with Crippen molar-refractivity contribution in [2.75, 3.05) is 11.5 Å². The normalized spacial score (nSPS) is 22.4. The lowest BCUT2D eigenvalue weighted by Crippen LogP contribution is -2.39. The molecule has 0 spiro atoms. The second kappa shape index (κ2) is 6.18. The lowest BCUT2D eigenvalue weighted by Gasteiger charge is -2.15. The second-order valence-electron chi connectivity index (χ2n) is 5.19. The van der Waals surface area contributed by atoms with Gasteiger partial charge in [-0.25, -0.2) is 8.42 Å². The minimum Gasteiger partial charge on any atom is -0.351 e. The number of amides is 1. The summed E-state index contributed by atoms with van der Waals surface area (Å²) in [6, 6.07) is 7.76. The highest BCUT2D eigenvalue weighted by molar-refractivity contribution is 8.00. The van der Waals surface area contributed by atoms with Crippen molar-refractivity contribution in [1.29, 1.82) is 0 Å². The van der Waals surface area contributed by atoms with Crippen LogP contribution in [-0.2, 0) is 14.6 Å². The molecule has 2 atom stereocenters. The van der Waals surface area contributed by atoms with Crippen LogP contribution in [0.3, 0.4) is 0 Å². The smallest absolute Gasteiger partial charge is 0.233 e. The Morgan fingerprint density at radius 3 is 2.80 bits per heavy atom. The fourth-order valence-corrected chi connectivity index (χ4v) is 4.84. The Morgan fingerprint density at radius 2 is 2.20 bits per heavy atom. The number of thioether (sulfide) groups is 1. The second-order valence-corrected chi connectivity index (χ2v) is 8.83. The first kappa shape index (κ1) is 15.4. The first-order chi connectivity index (χ1) is 9.35. The van der Waals surface area contributed by atoms with Gasteiger partial charge in [-0.05, 0) is 32.4 Å². The van der Waals surface area contributed by atoms with Gasteiger partial charge in [0, 0.05) is 10.9 Å². The van der Waals surface area contributed by atoms with Crippen LogP contribution in [0.15, 0.2) is 29.2 Å². The fourth-order valence-electron chi connectivity index (χ4n) is 2.17. The number of hydrogen-bond acceptors (Lipinski definition) is 4. The lowest BCUT2D eigenvalue weighted by atomic mass is 10.2. The molecule has 6 heteroatoms. The Hall–Kier alpha value is -1.01. The van der Waals surface area contributed by atoms with Gasteiger partial charge >= 0.3 is 0 Å². The highest BCUT2D eigenvalue weighted by Crippen LogP contribution is 2.24. The zero-order chi connectivity index (χ0) is 14.8. The molecule has 20 heavy (non-hydrogen) atoms. The monoisotopic (exact) mass is 313 g/mol. The predicted octanol–water partition coefficient (Wildman–Crippen LogP) is 1.78. The molecular formula is C14H19NO3S2. The molecule has 0 saturated carbocycles. The Balaban J connectivity index is 1.89. The molecule has 0 aliphatic carbocycles. The number of sulfone groups is 1. The van der Waals surface area contributed by atoms with Crippen molar-refractivity contribution in [2.45, 2.75) is 36.5 Å². The van der Waals surface area contributed by atoms with E-state index in [-0.39, 0.29) is 28.7 Å². The molecule has 0 bridgehead atoms. The molecule has 1 aromatic carbocycles. The third-order valence-electron chi connectivity index (χ3n) is 3.25. The van der Waals surface area contributed by atoms with E-state index in [0.29, 0.717) is 6.42 Å². The van der Waals surface area contributed by atoms with Crippen LogP contribution in [0.4, 0.5) is 0 Å². The van der Waals surface area contributed by atoms with Crippen LogP contribution in [-0.4, -0.2) is 37.1 Å². The van der Waals surface area contributed by atoms with Gasteiger partial charge in [0.05, 0.1) is 16.8 Å². The average Bonchev–Trinajstić information content (AvgIpc) is 2.68. The maximum absolute atomic E-state index is 12.1. The zero-order valence-corrected chi connectivity index (χ0v) is 13.3. The molecule has 0 radical (unpaired) electrons. The number of hydrogen-bond donors (Lipinski definition) is 1. The highest BCUT2D eigenvalue weighted by Gasteiger charge is 2.30. The van der Waals surface area contributed by atoms with E-state index < -0.39 is 9.84 Å². The van der Waals surface area contributed by atoms with Crippen molar-refractivity contribution >= 4 is 27.5 Å². The van der Waals surface area contributed by atoms with E-state index in [9.17, 15) is 13.2 Å². The number of rotatable bonds is 4. The SMILES string of the molecule is Cc1cccc(S[C@H](C)C(=O)N[C@@H]2CCS(=O)(=O)C2)c1. The van der Waals surface area contributed by atoms with Crippen LogP contribution in [0.5, 0.6) is 0 Å². The van der Waals surface area contributed by atoms with E-state index in [2.05, 4.69) is 5.32 Å². The van der Waals surface area contributed by atoms with E-state index in [4.69, 9.17) is 0 Å². The molecule has 1 amide bonds. The molecule has 1 saturated heterocycles. The van der Waals surface area contributed by atoms with Crippen molar-refractivity contribution in [3.63, 3.8) is 0 Å². The Labute approximate surface area is 124 Å². The minimum atomic E-state index is -2.95. The topological polar surface area (TPSA) is 63.2 Å². The summed E-state index contributed by atoms with van der Waals surface area (Å²) in [7, 11) is -2.95. The summed E-state index contributed by atoms with van der Waals surface area (Å²) >= 11 is 1.49. The number of aryl methyl sites for hydroxylation is 1. The Bertz CT molecular complexity index is 598. The first-order valence-corrected chi connectivity index (χ1v) is 9.30. The van der Waals surface area contributed by atoms with E-state index in [0.717, 1.165) is 10.5 Å². The summed E-state index contributed by atoms with van der Waals surface area (Å²) in [6.45, 7) is 3.85. The molecule has 0 aromatic heterocycles. The van der Waals surface area contributed by atoms with Crippen molar-refractivity contribution in [3.05, 3.63) is 29.8 Å². The fraction of sp³-hybridized carbons (Fsp3) is 0.500. The average molecular weight is 313 g/mol. The summed E-state index contributed by atoms with van der Waals surface area (Å²) in [5, 5.41) is 2.59. The van der Waals surface area contributed by atoms with Crippen LogP contribution in [0.1, 0.15) is 18.9 Å². The summed E-state index contributed by atoms with van der Waals surface area (Å²) in [4.78, 5) is 13.1. The van der Waals surface area contributed by atoms with Gasteiger partial charge in [0.1, 0.15) is 0 Å². The summed E-state index contributed by atoms with van der Waals surface area (Å²) in [5.74, 6) is 0.149. The predicted molar refractivity (Wildman–Crippen MR) is 81.7 cm³/mol. The molecule has 0 unspecified atom stereocenters. The molecule has 4 nitrogen and oxygen atoms in total. The summed E-state index contributed by atoms with van der Waals surface area (Å²) in [5.41, 5.74) is 1.16. The molecule has 1 heterocycles. The van der Waals surface area contributed by atoms with Crippen LogP contribution >= 0.6 is 11.8 Å². The first-order valence-electron chi connectivity index (χ1n) is 6.60. The maximum atomic E-state index is 12.1. The molecular weight excluding hydrogens is 294 g/mol. The third-order valence-corrected chi connectivity index (χ3v) is 6.11. The Morgan fingerprint density at radius 1 is 1.45 bits per heavy atom. The van der Waals surface area contributed by atoms with E-state index in [1.807, 2.05) is 38.1 Å². The largest absolute Gasteiger partial charge is 0.351 e. The van der Waals surface area contributed by atoms with Crippen molar-refractivity contribution < 1.29 is 13.2 Å². The van der Waals surface area contributed by atoms with Crippen LogP contribution in [0, 0.1) is 6.92 Å². The van der Waals surface area contributed by atoms with Gasteiger partial charge in [0.2, 0.25) is 5.91 Å². The zero-order valence-electron chi connectivity index (χ0n) is 11.6. The van der Waals surface area contributed by atoms with Gasteiger partial charge in [0.15, 0.2) is 9.84 Å². The van der Waals surface area contributed by atoms with Crippen LogP contribution in [0.2, 0.25) is 0 Å². The van der Waals surface area contributed by atoms with Gasteiger partial charge < -0.3 is 5.32 Å². The third kappa shape index (κ3) is 4.24. The molecule has 110 valence electrons. The van der Waals surface area contributed by atoms with E-state index in [1.54, 1.807) is 0 Å². The van der Waals surface area contributed by atoms with Crippen LogP contribution < -0.4 is 5.32 Å². The van der Waals surface area contributed by atoms with Gasteiger partial charge in [0.25, 0.3) is 0 Å². The lowest BCUT2D eigenvalue weighted by molar-refractivity contribution is -0.120. The van der Waals surface area contributed by atoms with Gasteiger partial charge in [-0.1, -0.05) is 17.7 Å². The van der Waals surface area contributed by atoms with E-state index in [1.165, 1.54) is 11.8 Å². The molecule has 1 aliphatic heterocycles. The Kier molecular flexibility index (Phi) is 4.75. The highest BCUT2D eigenvalue weighted by atomic mass is 32.2. The number of nitrogens with one attached hydrogen (secondary N) is 1. The number of carbonyl (C=O) groups is 1. The number of benzene rings is 1. The van der Waals surface area contributed by atoms with Crippen molar-refractivity contribution in [3.8, 4) is 0 Å². The van der Waals surface area contributed by atoms with Crippen molar-refractivity contribution in [1.82, 2.24) is 5.32 Å². The maximum Gasteiger partial charge on any atom is 0.233 e. The summed E-state index contributed by atoms with van der Waals surface area (Å²) in [6.07, 6.45) is 0.524. The molecule has 2 rings (SSSR count). The van der Waals surface area contributed by atoms with Crippen molar-refractivity contribution in [2.24, 2.45) is 0 Å². The summed E-state index contributed by atoms with van der Waals surface area (Å²) < 4.78 is 22.7. The molecule has 1 fully saturated rings. The standard InChI is InChI=1S/C14H19NO3S2/c1-10-4-3-5-13(8-10)19-11(2)14(16)15-12-6-7-20(17,18)9-12/h3-5,8,11-12H,6-7,9H2,1-2H3,(H,15,16)/t11-,12-/m1/s1. The minimum absolute atomic E-state index is 0.0700.